The number of benzene rings is 1. The van der Waals surface area contributed by atoms with Crippen LogP contribution in [0.2, 0.25) is 5.02 Å². The van der Waals surface area contributed by atoms with Crippen LogP contribution in [-0.4, -0.2) is 4.98 Å². The van der Waals surface area contributed by atoms with Crippen molar-refractivity contribution in [3.8, 4) is 0 Å². The van der Waals surface area contributed by atoms with Gasteiger partial charge in [0, 0.05) is 12.1 Å². The second kappa shape index (κ2) is 4.56. The average Bonchev–Trinajstić information content (AvgIpc) is 2.56. The van der Waals surface area contributed by atoms with Gasteiger partial charge in [0.1, 0.15) is 11.5 Å². The lowest BCUT2D eigenvalue weighted by atomic mass is 10.2. The standard InChI is InChI=1S/C13H9ClF3N3/c14-8-2-1-3-9-11(8)18-6-7-4-5-10(13(15,16)17)20-12(7)19-9/h1-5,18H,6H2,(H,19,20). The van der Waals surface area contributed by atoms with Crippen LogP contribution in [0.4, 0.5) is 30.4 Å². The fourth-order valence-electron chi connectivity index (χ4n) is 2.02. The summed E-state index contributed by atoms with van der Waals surface area (Å²) in [6.07, 6.45) is -4.46. The summed E-state index contributed by atoms with van der Waals surface area (Å²) >= 11 is 6.06. The summed E-state index contributed by atoms with van der Waals surface area (Å²) < 4.78 is 38.1. The summed E-state index contributed by atoms with van der Waals surface area (Å²) in [6, 6.07) is 7.53. The molecule has 0 fully saturated rings. The SMILES string of the molecule is FC(F)(F)c1ccc2c(n1)Nc1cccc(Cl)c1NC2. The largest absolute Gasteiger partial charge is 0.433 e. The van der Waals surface area contributed by atoms with Crippen molar-refractivity contribution >= 4 is 28.8 Å². The minimum Gasteiger partial charge on any atom is -0.378 e. The topological polar surface area (TPSA) is 37.0 Å². The van der Waals surface area contributed by atoms with Crippen LogP contribution >= 0.6 is 11.6 Å². The first-order valence-corrected chi connectivity index (χ1v) is 6.19. The maximum atomic E-state index is 12.7. The fourth-order valence-corrected chi connectivity index (χ4v) is 2.26. The van der Waals surface area contributed by atoms with Crippen molar-refractivity contribution in [2.24, 2.45) is 0 Å². The van der Waals surface area contributed by atoms with E-state index in [-0.39, 0.29) is 5.82 Å². The van der Waals surface area contributed by atoms with Crippen LogP contribution in [0.1, 0.15) is 11.3 Å². The number of para-hydroxylation sites is 1. The highest BCUT2D eigenvalue weighted by Crippen LogP contribution is 2.37. The molecule has 20 heavy (non-hydrogen) atoms. The molecule has 0 saturated carbocycles. The van der Waals surface area contributed by atoms with Crippen molar-refractivity contribution in [1.82, 2.24) is 4.98 Å². The summed E-state index contributed by atoms with van der Waals surface area (Å²) in [5.41, 5.74) is 0.975. The van der Waals surface area contributed by atoms with E-state index in [0.29, 0.717) is 28.5 Å². The third kappa shape index (κ3) is 2.27. The molecule has 3 rings (SSSR count). The lowest BCUT2D eigenvalue weighted by Crippen LogP contribution is -2.10. The molecule has 104 valence electrons. The molecule has 2 aromatic rings. The molecular formula is C13H9ClF3N3. The Bertz CT molecular complexity index is 670. The number of aromatic nitrogens is 1. The van der Waals surface area contributed by atoms with Gasteiger partial charge in [-0.25, -0.2) is 4.98 Å². The molecule has 0 bridgehead atoms. The van der Waals surface area contributed by atoms with Gasteiger partial charge in [0.25, 0.3) is 0 Å². The van der Waals surface area contributed by atoms with E-state index in [0.717, 1.165) is 6.07 Å². The maximum absolute atomic E-state index is 12.7. The average molecular weight is 300 g/mol. The van der Waals surface area contributed by atoms with E-state index in [1.54, 1.807) is 18.2 Å². The van der Waals surface area contributed by atoms with E-state index in [2.05, 4.69) is 15.6 Å². The predicted octanol–water partition coefficient (Wildman–Crippen LogP) is 4.42. The monoisotopic (exact) mass is 299 g/mol. The van der Waals surface area contributed by atoms with E-state index in [1.807, 2.05) is 0 Å². The molecule has 0 unspecified atom stereocenters. The Kier molecular flexibility index (Phi) is 2.97. The molecule has 0 saturated heterocycles. The zero-order chi connectivity index (χ0) is 14.3. The second-order valence-corrected chi connectivity index (χ2v) is 4.75. The Morgan fingerprint density at radius 1 is 1.15 bits per heavy atom. The van der Waals surface area contributed by atoms with Gasteiger partial charge < -0.3 is 10.6 Å². The van der Waals surface area contributed by atoms with Crippen molar-refractivity contribution in [3.05, 3.63) is 46.6 Å². The molecule has 1 aliphatic heterocycles. The number of anilines is 3. The maximum Gasteiger partial charge on any atom is 0.433 e. The Morgan fingerprint density at radius 2 is 1.95 bits per heavy atom. The van der Waals surface area contributed by atoms with Gasteiger partial charge in [0.2, 0.25) is 0 Å². The van der Waals surface area contributed by atoms with Crippen LogP contribution in [-0.2, 0) is 12.7 Å². The molecule has 2 heterocycles. The van der Waals surface area contributed by atoms with Gasteiger partial charge in [0.05, 0.1) is 16.4 Å². The van der Waals surface area contributed by atoms with Crippen LogP contribution in [0.3, 0.4) is 0 Å². The van der Waals surface area contributed by atoms with Crippen molar-refractivity contribution in [2.45, 2.75) is 12.7 Å². The Labute approximate surface area is 117 Å². The summed E-state index contributed by atoms with van der Waals surface area (Å²) in [7, 11) is 0. The van der Waals surface area contributed by atoms with E-state index >= 15 is 0 Å². The highest BCUT2D eigenvalue weighted by molar-refractivity contribution is 6.34. The van der Waals surface area contributed by atoms with Crippen molar-refractivity contribution in [2.75, 3.05) is 10.6 Å². The van der Waals surface area contributed by atoms with Crippen LogP contribution in [0.15, 0.2) is 30.3 Å². The first-order valence-electron chi connectivity index (χ1n) is 5.81. The third-order valence-corrected chi connectivity index (χ3v) is 3.31. The van der Waals surface area contributed by atoms with Crippen LogP contribution < -0.4 is 10.6 Å². The van der Waals surface area contributed by atoms with Crippen molar-refractivity contribution in [3.63, 3.8) is 0 Å². The quantitative estimate of drug-likeness (QED) is 0.756. The summed E-state index contributed by atoms with van der Waals surface area (Å²) in [5.74, 6) is 0.188. The molecule has 2 N–H and O–H groups in total. The highest BCUT2D eigenvalue weighted by atomic mass is 35.5. The molecule has 0 spiro atoms. The van der Waals surface area contributed by atoms with Crippen molar-refractivity contribution in [1.29, 1.82) is 0 Å². The summed E-state index contributed by atoms with van der Waals surface area (Å²) in [4.78, 5) is 3.65. The number of fused-ring (bicyclic) bond motifs is 2. The Hall–Kier alpha value is -1.95. The molecule has 0 aliphatic carbocycles. The summed E-state index contributed by atoms with van der Waals surface area (Å²) in [6.45, 7) is 0.351. The zero-order valence-corrected chi connectivity index (χ0v) is 10.8. The van der Waals surface area contributed by atoms with Crippen LogP contribution in [0, 0.1) is 0 Å². The normalized spacial score (nSPS) is 13.6. The summed E-state index contributed by atoms with van der Waals surface area (Å²) in [5, 5.41) is 6.49. The fraction of sp³-hybridized carbons (Fsp3) is 0.154. The number of halogens is 4. The van der Waals surface area contributed by atoms with Gasteiger partial charge in [-0.1, -0.05) is 23.7 Å². The van der Waals surface area contributed by atoms with E-state index in [1.165, 1.54) is 6.07 Å². The van der Waals surface area contributed by atoms with Gasteiger partial charge in [-0.3, -0.25) is 0 Å². The molecular weight excluding hydrogens is 291 g/mol. The number of pyridine rings is 1. The number of hydrogen-bond acceptors (Lipinski definition) is 3. The lowest BCUT2D eigenvalue weighted by molar-refractivity contribution is -0.141. The van der Waals surface area contributed by atoms with Gasteiger partial charge in [0.15, 0.2) is 0 Å². The minimum atomic E-state index is -4.46. The Morgan fingerprint density at radius 3 is 2.70 bits per heavy atom. The Balaban J connectivity index is 2.07. The van der Waals surface area contributed by atoms with Gasteiger partial charge in [-0.05, 0) is 18.2 Å². The van der Waals surface area contributed by atoms with Crippen LogP contribution in [0.5, 0.6) is 0 Å². The molecule has 1 aromatic heterocycles. The smallest absolute Gasteiger partial charge is 0.378 e. The third-order valence-electron chi connectivity index (χ3n) is 2.99. The van der Waals surface area contributed by atoms with Crippen LogP contribution in [0.25, 0.3) is 0 Å². The first kappa shape index (κ1) is 13.1. The molecule has 0 atom stereocenters. The molecule has 1 aliphatic rings. The van der Waals surface area contributed by atoms with Gasteiger partial charge >= 0.3 is 6.18 Å². The lowest BCUT2D eigenvalue weighted by Gasteiger charge is -2.11. The molecule has 7 heteroatoms. The zero-order valence-electron chi connectivity index (χ0n) is 10.1. The predicted molar refractivity (Wildman–Crippen MR) is 71.3 cm³/mol. The number of rotatable bonds is 0. The van der Waals surface area contributed by atoms with E-state index < -0.39 is 11.9 Å². The van der Waals surface area contributed by atoms with E-state index in [9.17, 15) is 13.2 Å². The van der Waals surface area contributed by atoms with Gasteiger partial charge in [-0.15, -0.1) is 0 Å². The second-order valence-electron chi connectivity index (χ2n) is 4.34. The highest BCUT2D eigenvalue weighted by Gasteiger charge is 2.33. The van der Waals surface area contributed by atoms with Crippen molar-refractivity contribution < 1.29 is 13.2 Å². The number of alkyl halides is 3. The van der Waals surface area contributed by atoms with Gasteiger partial charge in [-0.2, -0.15) is 13.2 Å². The minimum absolute atomic E-state index is 0.188. The molecule has 1 aromatic carbocycles. The number of nitrogens with zero attached hydrogens (tertiary/aromatic N) is 1. The molecule has 3 nitrogen and oxygen atoms in total. The first-order chi connectivity index (χ1) is 9.45. The molecule has 0 radical (unpaired) electrons. The molecule has 0 amide bonds. The number of hydrogen-bond donors (Lipinski definition) is 2. The van der Waals surface area contributed by atoms with E-state index in [4.69, 9.17) is 11.6 Å². The number of nitrogens with one attached hydrogen (secondary N) is 2.